The van der Waals surface area contributed by atoms with Gasteiger partial charge in [0.15, 0.2) is 0 Å². The van der Waals surface area contributed by atoms with Gasteiger partial charge in [0.25, 0.3) is 0 Å². The summed E-state index contributed by atoms with van der Waals surface area (Å²) in [5.74, 6) is -7.44. The highest BCUT2D eigenvalue weighted by Crippen LogP contribution is 2.06. The van der Waals surface area contributed by atoms with E-state index in [-0.39, 0.29) is 12.8 Å². The van der Waals surface area contributed by atoms with Crippen LogP contribution >= 0.6 is 0 Å². The van der Waals surface area contributed by atoms with E-state index in [0.29, 0.717) is 0 Å². The topological polar surface area (TPSA) is 280 Å². The third kappa shape index (κ3) is 11.4. The molecule has 0 aromatic heterocycles. The second-order valence-corrected chi connectivity index (χ2v) is 7.64. The van der Waals surface area contributed by atoms with Gasteiger partial charge in [0, 0.05) is 6.42 Å². The van der Waals surface area contributed by atoms with Crippen LogP contribution in [0.15, 0.2) is 0 Å². The molecule has 0 aliphatic rings. The van der Waals surface area contributed by atoms with E-state index in [2.05, 4.69) is 16.0 Å². The Bertz CT molecular complexity index is 786. The molecule has 4 atom stereocenters. The van der Waals surface area contributed by atoms with E-state index >= 15 is 0 Å². The summed E-state index contributed by atoms with van der Waals surface area (Å²) in [4.78, 5) is 82.2. The van der Waals surface area contributed by atoms with Crippen LogP contribution in [0.5, 0.6) is 0 Å². The number of carbonyl (C=O) groups excluding carboxylic acids is 6. The van der Waals surface area contributed by atoms with Crippen molar-refractivity contribution in [1.82, 2.24) is 16.0 Å². The summed E-state index contributed by atoms with van der Waals surface area (Å²) in [5.41, 5.74) is 20.7. The summed E-state index contributed by atoms with van der Waals surface area (Å²) in [6.07, 6.45) is -1.86. The largest absolute Gasteiger partial charge is 0.480 e. The molecule has 0 spiro atoms. The van der Waals surface area contributed by atoms with Crippen LogP contribution < -0.4 is 38.9 Å². The number of nitrogens with one attached hydrogen (secondary N) is 3. The van der Waals surface area contributed by atoms with Crippen LogP contribution in [-0.2, 0) is 33.6 Å². The summed E-state index contributed by atoms with van der Waals surface area (Å²) >= 11 is 0. The SMILES string of the molecule is CC(C)C(NC(=O)C(CCC(N)=O)NC(=O)C(CC(N)=O)NC(=O)C(N)CC(N)=O)C(=O)O. The Labute approximate surface area is 189 Å². The van der Waals surface area contributed by atoms with Crippen LogP contribution in [0.4, 0.5) is 0 Å². The molecule has 12 N–H and O–H groups in total. The Morgan fingerprint density at radius 2 is 1.21 bits per heavy atom. The van der Waals surface area contributed by atoms with E-state index in [1.807, 2.05) is 0 Å². The zero-order chi connectivity index (χ0) is 25.9. The van der Waals surface area contributed by atoms with Gasteiger partial charge in [0.1, 0.15) is 18.1 Å². The second kappa shape index (κ2) is 13.6. The smallest absolute Gasteiger partial charge is 0.326 e. The third-order valence-corrected chi connectivity index (χ3v) is 4.34. The Morgan fingerprint density at radius 1 is 0.727 bits per heavy atom. The van der Waals surface area contributed by atoms with Crippen molar-refractivity contribution in [3.05, 3.63) is 0 Å². The minimum Gasteiger partial charge on any atom is -0.480 e. The van der Waals surface area contributed by atoms with Gasteiger partial charge in [0.2, 0.25) is 35.4 Å². The van der Waals surface area contributed by atoms with E-state index in [1.54, 1.807) is 13.8 Å². The molecule has 4 unspecified atom stereocenters. The standard InChI is InChI=1S/C18H31N7O8/c1-7(2)14(18(32)33)25-16(30)9(3-4-11(20)26)23-17(31)10(6-13(22)28)24-15(29)8(19)5-12(21)27/h7-10,14H,3-6,19H2,1-2H3,(H2,20,26)(H2,21,27)(H2,22,28)(H,23,31)(H,24,29)(H,25,30)(H,32,33). The zero-order valence-electron chi connectivity index (χ0n) is 18.3. The van der Waals surface area contributed by atoms with Crippen molar-refractivity contribution in [2.75, 3.05) is 0 Å². The van der Waals surface area contributed by atoms with Gasteiger partial charge in [-0.05, 0) is 12.3 Å². The van der Waals surface area contributed by atoms with Crippen LogP contribution in [0.3, 0.4) is 0 Å². The molecule has 6 amide bonds. The van der Waals surface area contributed by atoms with Gasteiger partial charge in [-0.3, -0.25) is 28.8 Å². The molecule has 15 nitrogen and oxygen atoms in total. The maximum Gasteiger partial charge on any atom is 0.326 e. The van der Waals surface area contributed by atoms with Gasteiger partial charge in [-0.1, -0.05) is 13.8 Å². The molecule has 0 fully saturated rings. The average molecular weight is 473 g/mol. The fraction of sp³-hybridized carbons (Fsp3) is 0.611. The number of carboxylic acids is 1. The number of nitrogens with two attached hydrogens (primary N) is 4. The minimum absolute atomic E-state index is 0.296. The molecule has 186 valence electrons. The predicted octanol–water partition coefficient (Wildman–Crippen LogP) is -4.48. The van der Waals surface area contributed by atoms with Crippen molar-refractivity contribution in [1.29, 1.82) is 0 Å². The maximum absolute atomic E-state index is 12.7. The first kappa shape index (κ1) is 29.2. The lowest BCUT2D eigenvalue weighted by Gasteiger charge is -2.25. The first-order chi connectivity index (χ1) is 15.1. The fourth-order valence-corrected chi connectivity index (χ4v) is 2.59. The first-order valence-electron chi connectivity index (χ1n) is 9.90. The molecule has 0 aromatic rings. The molecule has 0 radical (unpaired) electrons. The number of aliphatic carboxylic acids is 1. The molecule has 0 bridgehead atoms. The number of carbonyl (C=O) groups is 7. The highest BCUT2D eigenvalue weighted by Gasteiger charge is 2.32. The normalized spacial score (nSPS) is 14.3. The van der Waals surface area contributed by atoms with Gasteiger partial charge in [-0.15, -0.1) is 0 Å². The molecule has 0 saturated carbocycles. The van der Waals surface area contributed by atoms with Crippen molar-refractivity contribution in [3.8, 4) is 0 Å². The third-order valence-electron chi connectivity index (χ3n) is 4.34. The summed E-state index contributed by atoms with van der Waals surface area (Å²) in [7, 11) is 0. The second-order valence-electron chi connectivity index (χ2n) is 7.64. The average Bonchev–Trinajstić information content (AvgIpc) is 2.66. The molecular weight excluding hydrogens is 442 g/mol. The molecule has 0 rings (SSSR count). The Morgan fingerprint density at radius 3 is 1.64 bits per heavy atom. The van der Waals surface area contributed by atoms with Crippen molar-refractivity contribution < 1.29 is 38.7 Å². The Hall–Kier alpha value is -3.75. The van der Waals surface area contributed by atoms with Crippen molar-refractivity contribution >= 4 is 41.4 Å². The van der Waals surface area contributed by atoms with Crippen LogP contribution in [-0.4, -0.2) is 70.7 Å². The van der Waals surface area contributed by atoms with Gasteiger partial charge in [-0.25, -0.2) is 4.79 Å². The fourth-order valence-electron chi connectivity index (χ4n) is 2.59. The Balaban J connectivity index is 5.60. The predicted molar refractivity (Wildman–Crippen MR) is 112 cm³/mol. The molecule has 0 aromatic carbocycles. The molecule has 15 heteroatoms. The number of hydrogen-bond donors (Lipinski definition) is 8. The van der Waals surface area contributed by atoms with Crippen molar-refractivity contribution in [2.24, 2.45) is 28.9 Å². The van der Waals surface area contributed by atoms with Crippen molar-refractivity contribution in [3.63, 3.8) is 0 Å². The number of rotatable bonds is 15. The van der Waals surface area contributed by atoms with Crippen LogP contribution in [0.2, 0.25) is 0 Å². The highest BCUT2D eigenvalue weighted by atomic mass is 16.4. The lowest BCUT2D eigenvalue weighted by atomic mass is 10.0. The van der Waals surface area contributed by atoms with Crippen LogP contribution in [0.1, 0.15) is 39.5 Å². The molecule has 0 saturated heterocycles. The summed E-state index contributed by atoms with van der Waals surface area (Å²) in [6.45, 7) is 3.09. The molecule has 33 heavy (non-hydrogen) atoms. The van der Waals surface area contributed by atoms with Gasteiger partial charge in [0.05, 0.1) is 18.9 Å². The zero-order valence-corrected chi connectivity index (χ0v) is 18.3. The quantitative estimate of drug-likeness (QED) is 0.114. The highest BCUT2D eigenvalue weighted by molar-refractivity contribution is 5.97. The van der Waals surface area contributed by atoms with Gasteiger partial charge >= 0.3 is 5.97 Å². The number of amides is 6. The number of primary amides is 3. The summed E-state index contributed by atoms with van der Waals surface area (Å²) in [5, 5.41) is 15.9. The first-order valence-corrected chi connectivity index (χ1v) is 9.90. The minimum atomic E-state index is -1.59. The van der Waals surface area contributed by atoms with Crippen LogP contribution in [0, 0.1) is 5.92 Å². The Kier molecular flexibility index (Phi) is 12.1. The molecule has 0 aliphatic carbocycles. The van der Waals surface area contributed by atoms with E-state index in [9.17, 15) is 38.7 Å². The molecular formula is C18H31N7O8. The van der Waals surface area contributed by atoms with E-state index in [1.165, 1.54) is 0 Å². The summed E-state index contributed by atoms with van der Waals surface area (Å²) < 4.78 is 0. The van der Waals surface area contributed by atoms with Gasteiger partial charge < -0.3 is 44.0 Å². The monoisotopic (exact) mass is 473 g/mol. The summed E-state index contributed by atoms with van der Waals surface area (Å²) in [6, 6.07) is -5.73. The van der Waals surface area contributed by atoms with Crippen LogP contribution in [0.25, 0.3) is 0 Å². The lowest BCUT2D eigenvalue weighted by molar-refractivity contribution is -0.143. The molecule has 0 heterocycles. The lowest BCUT2D eigenvalue weighted by Crippen LogP contribution is -2.58. The van der Waals surface area contributed by atoms with E-state index in [4.69, 9.17) is 22.9 Å². The van der Waals surface area contributed by atoms with Crippen molar-refractivity contribution in [2.45, 2.75) is 63.7 Å². The number of carboxylic acid groups (broad SMARTS) is 1. The van der Waals surface area contributed by atoms with Gasteiger partial charge in [-0.2, -0.15) is 0 Å². The van der Waals surface area contributed by atoms with E-state index < -0.39 is 84.3 Å². The maximum atomic E-state index is 12.7. The number of hydrogen-bond acceptors (Lipinski definition) is 8. The van der Waals surface area contributed by atoms with E-state index in [0.717, 1.165) is 0 Å². The molecule has 0 aliphatic heterocycles.